The molecule has 0 radical (unpaired) electrons. The van der Waals surface area contributed by atoms with Crippen LogP contribution in [0.4, 0.5) is 0 Å². The first-order chi connectivity index (χ1) is 10.0. The molecule has 112 valence electrons. The number of benzene rings is 1. The van der Waals surface area contributed by atoms with E-state index >= 15 is 0 Å². The number of aromatic nitrogens is 1. The zero-order valence-electron chi connectivity index (χ0n) is 11.9. The zero-order valence-corrected chi connectivity index (χ0v) is 12.7. The van der Waals surface area contributed by atoms with E-state index in [1.807, 2.05) is 19.1 Å². The van der Waals surface area contributed by atoms with Crippen LogP contribution in [0.25, 0.3) is 0 Å². The highest BCUT2D eigenvalue weighted by atomic mass is 32.2. The second-order valence-electron chi connectivity index (χ2n) is 4.80. The summed E-state index contributed by atoms with van der Waals surface area (Å²) >= 11 is 0. The average molecular weight is 305 g/mol. The van der Waals surface area contributed by atoms with Crippen molar-refractivity contribution in [1.29, 1.82) is 0 Å². The van der Waals surface area contributed by atoms with Gasteiger partial charge in [0.25, 0.3) is 0 Å². The van der Waals surface area contributed by atoms with Gasteiger partial charge in [0.05, 0.1) is 4.90 Å². The highest BCUT2D eigenvalue weighted by Gasteiger charge is 2.14. The number of aryl methyl sites for hydroxylation is 1. The van der Waals surface area contributed by atoms with E-state index in [-0.39, 0.29) is 4.90 Å². The molecule has 21 heavy (non-hydrogen) atoms. The molecule has 2 rings (SSSR count). The third-order valence-corrected chi connectivity index (χ3v) is 4.73. The number of hydrogen-bond acceptors (Lipinski definition) is 4. The Morgan fingerprint density at radius 3 is 2.71 bits per heavy atom. The summed E-state index contributed by atoms with van der Waals surface area (Å²) in [5, 5.41) is 0. The summed E-state index contributed by atoms with van der Waals surface area (Å²) in [4.78, 5) is 4.27. The molecule has 0 aliphatic heterocycles. The Balaban J connectivity index is 2.03. The first kappa shape index (κ1) is 15.6. The minimum Gasteiger partial charge on any atom is -0.326 e. The van der Waals surface area contributed by atoms with E-state index < -0.39 is 10.0 Å². The van der Waals surface area contributed by atoms with Crippen molar-refractivity contribution in [2.24, 2.45) is 5.73 Å². The molecule has 0 bridgehead atoms. The molecule has 0 unspecified atom stereocenters. The third-order valence-electron chi connectivity index (χ3n) is 3.27. The van der Waals surface area contributed by atoms with Crippen molar-refractivity contribution in [3.63, 3.8) is 0 Å². The molecular formula is C15H19N3O2S. The van der Waals surface area contributed by atoms with Crippen molar-refractivity contribution >= 4 is 10.0 Å². The van der Waals surface area contributed by atoms with Gasteiger partial charge in [-0.25, -0.2) is 13.1 Å². The molecular weight excluding hydrogens is 286 g/mol. The van der Waals surface area contributed by atoms with Gasteiger partial charge >= 0.3 is 0 Å². The van der Waals surface area contributed by atoms with Crippen molar-refractivity contribution in [2.75, 3.05) is 6.54 Å². The van der Waals surface area contributed by atoms with Crippen LogP contribution in [-0.4, -0.2) is 19.9 Å². The summed E-state index contributed by atoms with van der Waals surface area (Å²) in [7, 11) is -3.49. The van der Waals surface area contributed by atoms with E-state index in [9.17, 15) is 8.42 Å². The van der Waals surface area contributed by atoms with Crippen LogP contribution < -0.4 is 10.5 Å². The van der Waals surface area contributed by atoms with Crippen LogP contribution in [0.3, 0.4) is 0 Å². The summed E-state index contributed by atoms with van der Waals surface area (Å²) in [5.74, 6) is 0. The van der Waals surface area contributed by atoms with E-state index in [0.717, 1.165) is 16.7 Å². The predicted octanol–water partition coefficient (Wildman–Crippen LogP) is 1.37. The normalized spacial score (nSPS) is 11.5. The summed E-state index contributed by atoms with van der Waals surface area (Å²) in [6, 6.07) is 8.74. The highest BCUT2D eigenvalue weighted by molar-refractivity contribution is 7.89. The largest absolute Gasteiger partial charge is 0.326 e. The molecule has 3 N–H and O–H groups in total. The number of pyridine rings is 1. The van der Waals surface area contributed by atoms with Gasteiger partial charge in [0.2, 0.25) is 10.0 Å². The molecule has 1 heterocycles. The second-order valence-corrected chi connectivity index (χ2v) is 6.57. The van der Waals surface area contributed by atoms with Crippen LogP contribution in [0.2, 0.25) is 0 Å². The average Bonchev–Trinajstić information content (AvgIpc) is 2.48. The number of hydrogen-bond donors (Lipinski definition) is 2. The first-order valence-electron chi connectivity index (χ1n) is 6.71. The molecule has 0 amide bonds. The van der Waals surface area contributed by atoms with Crippen molar-refractivity contribution in [2.45, 2.75) is 24.8 Å². The molecule has 0 fully saturated rings. The molecule has 0 atom stereocenters. The maximum absolute atomic E-state index is 12.2. The maximum Gasteiger partial charge on any atom is 0.240 e. The molecule has 1 aromatic heterocycles. The predicted molar refractivity (Wildman–Crippen MR) is 82.2 cm³/mol. The molecule has 6 heteroatoms. The molecule has 1 aromatic carbocycles. The Kier molecular flexibility index (Phi) is 5.06. The van der Waals surface area contributed by atoms with E-state index in [2.05, 4.69) is 9.71 Å². The fourth-order valence-corrected chi connectivity index (χ4v) is 3.14. The lowest BCUT2D eigenvalue weighted by atomic mass is 10.1. The minimum absolute atomic E-state index is 0.267. The number of nitrogens with two attached hydrogens (primary N) is 1. The van der Waals surface area contributed by atoms with Crippen molar-refractivity contribution < 1.29 is 8.42 Å². The number of nitrogens with one attached hydrogen (secondary N) is 1. The van der Waals surface area contributed by atoms with Crippen molar-refractivity contribution in [3.8, 4) is 0 Å². The molecule has 0 saturated heterocycles. The van der Waals surface area contributed by atoms with Crippen LogP contribution in [-0.2, 0) is 23.0 Å². The van der Waals surface area contributed by atoms with E-state index in [4.69, 9.17) is 5.73 Å². The summed E-state index contributed by atoms with van der Waals surface area (Å²) in [5.41, 5.74) is 8.41. The highest BCUT2D eigenvalue weighted by Crippen LogP contribution is 2.15. The summed E-state index contributed by atoms with van der Waals surface area (Å²) < 4.78 is 27.0. The van der Waals surface area contributed by atoms with Gasteiger partial charge in [0.1, 0.15) is 0 Å². The monoisotopic (exact) mass is 305 g/mol. The SMILES string of the molecule is Cc1cc(S(=O)(=O)NCCc2cccnc2)ccc1CN. The van der Waals surface area contributed by atoms with Crippen LogP contribution in [0.5, 0.6) is 0 Å². The van der Waals surface area contributed by atoms with Gasteiger partial charge in [-0.2, -0.15) is 0 Å². The van der Waals surface area contributed by atoms with Gasteiger partial charge in [-0.1, -0.05) is 12.1 Å². The minimum atomic E-state index is -3.49. The Morgan fingerprint density at radius 2 is 2.10 bits per heavy atom. The lowest BCUT2D eigenvalue weighted by Crippen LogP contribution is -2.26. The van der Waals surface area contributed by atoms with Crippen LogP contribution in [0.1, 0.15) is 16.7 Å². The second kappa shape index (κ2) is 6.80. The lowest BCUT2D eigenvalue weighted by Gasteiger charge is -2.09. The number of nitrogens with zero attached hydrogens (tertiary/aromatic N) is 1. The lowest BCUT2D eigenvalue weighted by molar-refractivity contribution is 0.581. The Bertz CT molecular complexity index is 700. The van der Waals surface area contributed by atoms with Crippen LogP contribution in [0, 0.1) is 6.92 Å². The van der Waals surface area contributed by atoms with Crippen molar-refractivity contribution in [1.82, 2.24) is 9.71 Å². The molecule has 0 spiro atoms. The molecule has 5 nitrogen and oxygen atoms in total. The topological polar surface area (TPSA) is 85.1 Å². The maximum atomic E-state index is 12.2. The quantitative estimate of drug-likeness (QED) is 0.844. The van der Waals surface area contributed by atoms with Gasteiger partial charge < -0.3 is 5.73 Å². The van der Waals surface area contributed by atoms with Crippen molar-refractivity contribution in [3.05, 3.63) is 59.4 Å². The molecule has 0 aliphatic carbocycles. The Labute approximate surface area is 125 Å². The third kappa shape index (κ3) is 4.10. The fourth-order valence-electron chi connectivity index (χ4n) is 2.02. The molecule has 0 saturated carbocycles. The molecule has 2 aromatic rings. The van der Waals surface area contributed by atoms with Gasteiger partial charge in [0.15, 0.2) is 0 Å². The Hall–Kier alpha value is -1.76. The summed E-state index contributed by atoms with van der Waals surface area (Å²) in [6.07, 6.45) is 4.02. The Morgan fingerprint density at radius 1 is 1.29 bits per heavy atom. The fraction of sp³-hybridized carbons (Fsp3) is 0.267. The van der Waals surface area contributed by atoms with E-state index in [1.165, 1.54) is 0 Å². The van der Waals surface area contributed by atoms with E-state index in [1.54, 1.807) is 30.6 Å². The van der Waals surface area contributed by atoms with Gasteiger partial charge in [0, 0.05) is 25.5 Å². The standard InChI is InChI=1S/C15H19N3O2S/c1-12-9-15(5-4-14(12)10-16)21(19,20)18-8-6-13-3-2-7-17-11-13/h2-5,7,9,11,18H,6,8,10,16H2,1H3. The van der Waals surface area contributed by atoms with Gasteiger partial charge in [-0.3, -0.25) is 4.98 Å². The van der Waals surface area contributed by atoms with E-state index in [0.29, 0.717) is 19.5 Å². The van der Waals surface area contributed by atoms with Gasteiger partial charge in [-0.15, -0.1) is 0 Å². The van der Waals surface area contributed by atoms with Crippen LogP contribution >= 0.6 is 0 Å². The van der Waals surface area contributed by atoms with Gasteiger partial charge in [-0.05, 0) is 48.2 Å². The number of sulfonamides is 1. The smallest absolute Gasteiger partial charge is 0.240 e. The summed E-state index contributed by atoms with van der Waals surface area (Å²) in [6.45, 7) is 2.60. The van der Waals surface area contributed by atoms with Crippen LogP contribution in [0.15, 0.2) is 47.6 Å². The first-order valence-corrected chi connectivity index (χ1v) is 8.19. The zero-order chi connectivity index (χ0) is 15.3. The molecule has 0 aliphatic rings. The number of rotatable bonds is 6.